The van der Waals surface area contributed by atoms with Gasteiger partial charge < -0.3 is 15.0 Å². The van der Waals surface area contributed by atoms with E-state index in [2.05, 4.69) is 31.3 Å². The maximum absolute atomic E-state index is 17.0. The van der Waals surface area contributed by atoms with Crippen LogP contribution in [0, 0.1) is 24.1 Å². The van der Waals surface area contributed by atoms with E-state index in [0.29, 0.717) is 47.3 Å². The van der Waals surface area contributed by atoms with Gasteiger partial charge in [-0.15, -0.1) is 0 Å². The lowest BCUT2D eigenvalue weighted by atomic mass is 9.95. The van der Waals surface area contributed by atoms with Gasteiger partial charge in [-0.3, -0.25) is 9.58 Å². The van der Waals surface area contributed by atoms with E-state index < -0.39 is 12.0 Å². The number of ether oxygens (including phenoxy) is 1. The maximum Gasteiger partial charge on any atom is 0.319 e. The molecule has 4 fully saturated rings. The zero-order valence-corrected chi connectivity index (χ0v) is 25.2. The lowest BCUT2D eigenvalue weighted by molar-refractivity contribution is 0.107. The molecule has 2 aromatic carbocycles. The van der Waals surface area contributed by atoms with Gasteiger partial charge in [-0.1, -0.05) is 23.7 Å². The molecule has 12 heteroatoms. The van der Waals surface area contributed by atoms with Crippen LogP contribution in [-0.2, 0) is 6.54 Å². The van der Waals surface area contributed by atoms with E-state index in [0.717, 1.165) is 56.3 Å². The molecule has 8 rings (SSSR count). The van der Waals surface area contributed by atoms with Crippen LogP contribution in [0.15, 0.2) is 24.4 Å². The number of nitriles is 1. The number of fused-ring (bicyclic) bond motifs is 5. The van der Waals surface area contributed by atoms with Crippen LogP contribution >= 0.6 is 11.6 Å². The molecule has 4 aliphatic rings. The SMILES string of the molecule is Cc1ccc2cnn(CC#N)c2c1-c1c(Cl)cc2c(N3CC4CCC(C3)N4)nc(OC[C@@]34CCCN3C[C@H](F)C4)nc2c1F. The molecule has 228 valence electrons. The number of aromatic nitrogens is 4. The number of piperazine rings is 1. The summed E-state index contributed by atoms with van der Waals surface area (Å²) in [7, 11) is 0. The van der Waals surface area contributed by atoms with Gasteiger partial charge in [-0.25, -0.2) is 8.78 Å². The monoisotopic (exact) mass is 618 g/mol. The minimum Gasteiger partial charge on any atom is -0.461 e. The van der Waals surface area contributed by atoms with E-state index in [4.69, 9.17) is 21.3 Å². The zero-order valence-electron chi connectivity index (χ0n) is 24.5. The molecule has 0 aliphatic carbocycles. The highest BCUT2D eigenvalue weighted by atomic mass is 35.5. The van der Waals surface area contributed by atoms with Crippen molar-refractivity contribution in [1.29, 1.82) is 5.26 Å². The predicted molar refractivity (Wildman–Crippen MR) is 164 cm³/mol. The molecule has 2 unspecified atom stereocenters. The van der Waals surface area contributed by atoms with Crippen molar-refractivity contribution >= 4 is 39.2 Å². The largest absolute Gasteiger partial charge is 0.461 e. The summed E-state index contributed by atoms with van der Waals surface area (Å²) in [6.07, 6.45) is 5.21. The lowest BCUT2D eigenvalue weighted by Crippen LogP contribution is -2.51. The number of nitrogens with zero attached hydrogens (tertiary/aromatic N) is 7. The molecule has 2 bridgehead atoms. The number of nitrogens with one attached hydrogen (secondary N) is 1. The summed E-state index contributed by atoms with van der Waals surface area (Å²) in [4.78, 5) is 13.9. The molecule has 4 aliphatic heterocycles. The first-order valence-corrected chi connectivity index (χ1v) is 15.8. The molecule has 44 heavy (non-hydrogen) atoms. The third-order valence-electron chi connectivity index (χ3n) is 10.1. The van der Waals surface area contributed by atoms with E-state index in [1.165, 1.54) is 0 Å². The third-order valence-corrected chi connectivity index (χ3v) is 10.4. The highest BCUT2D eigenvalue weighted by molar-refractivity contribution is 6.35. The van der Waals surface area contributed by atoms with Gasteiger partial charge in [0.05, 0.1) is 28.3 Å². The molecule has 4 atom stereocenters. The first-order valence-electron chi connectivity index (χ1n) is 15.4. The number of hydrogen-bond donors (Lipinski definition) is 1. The van der Waals surface area contributed by atoms with Crippen molar-refractivity contribution in [2.75, 3.05) is 37.7 Å². The van der Waals surface area contributed by atoms with Gasteiger partial charge in [0.1, 0.15) is 30.7 Å². The van der Waals surface area contributed by atoms with Gasteiger partial charge in [-0.2, -0.15) is 20.3 Å². The summed E-state index contributed by atoms with van der Waals surface area (Å²) >= 11 is 6.96. The molecule has 1 N–H and O–H groups in total. The molecule has 4 saturated heterocycles. The summed E-state index contributed by atoms with van der Waals surface area (Å²) < 4.78 is 39.4. The molecular formula is C32H33ClF2N8O. The topological polar surface area (TPSA) is 95.1 Å². The van der Waals surface area contributed by atoms with E-state index in [1.807, 2.05) is 19.1 Å². The van der Waals surface area contributed by atoms with E-state index in [1.54, 1.807) is 16.9 Å². The number of alkyl halides is 1. The summed E-state index contributed by atoms with van der Waals surface area (Å²) in [5.74, 6) is 0.0144. The fourth-order valence-electron chi connectivity index (χ4n) is 8.09. The number of halogens is 3. The van der Waals surface area contributed by atoms with Crippen LogP contribution in [-0.4, -0.2) is 81.2 Å². The van der Waals surface area contributed by atoms with Crippen molar-refractivity contribution in [3.8, 4) is 23.2 Å². The van der Waals surface area contributed by atoms with Crippen molar-refractivity contribution in [3.05, 3.63) is 40.8 Å². The fourth-order valence-corrected chi connectivity index (χ4v) is 8.38. The van der Waals surface area contributed by atoms with E-state index in [-0.39, 0.29) is 40.8 Å². The van der Waals surface area contributed by atoms with Crippen LogP contribution in [0.4, 0.5) is 14.6 Å². The van der Waals surface area contributed by atoms with Gasteiger partial charge in [0.25, 0.3) is 0 Å². The second kappa shape index (κ2) is 10.5. The van der Waals surface area contributed by atoms with Crippen LogP contribution in [0.5, 0.6) is 6.01 Å². The molecule has 9 nitrogen and oxygen atoms in total. The average molecular weight is 619 g/mol. The van der Waals surface area contributed by atoms with Crippen LogP contribution in [0.1, 0.15) is 37.7 Å². The molecule has 2 aromatic heterocycles. The highest BCUT2D eigenvalue weighted by Gasteiger charge is 2.49. The minimum atomic E-state index is -0.883. The Morgan fingerprint density at radius 1 is 1.18 bits per heavy atom. The molecular weight excluding hydrogens is 586 g/mol. The van der Waals surface area contributed by atoms with Gasteiger partial charge in [-0.05, 0) is 50.8 Å². The molecule has 0 radical (unpaired) electrons. The van der Waals surface area contributed by atoms with Crippen molar-refractivity contribution < 1.29 is 13.5 Å². The smallest absolute Gasteiger partial charge is 0.319 e. The average Bonchev–Trinajstić information content (AvgIpc) is 3.75. The molecule has 4 aromatic rings. The van der Waals surface area contributed by atoms with Crippen LogP contribution in [0.2, 0.25) is 5.02 Å². The Kier molecular flexibility index (Phi) is 6.66. The minimum absolute atomic E-state index is 0.0148. The summed E-state index contributed by atoms with van der Waals surface area (Å²) in [5, 5.41) is 19.0. The Morgan fingerprint density at radius 2 is 2.00 bits per heavy atom. The lowest BCUT2D eigenvalue weighted by Gasteiger charge is -2.34. The summed E-state index contributed by atoms with van der Waals surface area (Å²) in [6.45, 7) is 4.88. The highest BCUT2D eigenvalue weighted by Crippen LogP contribution is 2.44. The van der Waals surface area contributed by atoms with Crippen LogP contribution in [0.3, 0.4) is 0 Å². The first kappa shape index (κ1) is 27.9. The van der Waals surface area contributed by atoms with Crippen molar-refractivity contribution in [2.45, 2.75) is 69.4 Å². The Labute approximate surface area is 258 Å². The number of anilines is 1. The normalized spacial score (nSPS) is 26.5. The van der Waals surface area contributed by atoms with Gasteiger partial charge in [0.15, 0.2) is 5.82 Å². The van der Waals surface area contributed by atoms with Gasteiger partial charge in [0, 0.05) is 60.0 Å². The number of rotatable bonds is 6. The molecule has 0 saturated carbocycles. The Hall–Kier alpha value is -3.59. The third kappa shape index (κ3) is 4.41. The standard InChI is InChI=1S/C32H33ClF2N8O/c1-18-3-4-19-13-37-43(10-8-36)29(19)25(18)26-24(33)11-23-28(27(26)35)39-31(40-30(23)41-15-21-5-6-22(16-41)38-21)44-17-32-7-2-9-42(32)14-20(34)12-32/h3-4,11,13,20-22,38H,2,5-7,9-10,12,14-17H2,1H3/t20-,21?,22?,32+/m1/s1. The van der Waals surface area contributed by atoms with E-state index in [9.17, 15) is 9.65 Å². The van der Waals surface area contributed by atoms with Crippen molar-refractivity contribution in [3.63, 3.8) is 0 Å². The van der Waals surface area contributed by atoms with Crippen molar-refractivity contribution in [2.24, 2.45) is 0 Å². The van der Waals surface area contributed by atoms with E-state index >= 15 is 4.39 Å². The molecule has 0 amide bonds. The summed E-state index contributed by atoms with van der Waals surface area (Å²) in [6, 6.07) is 8.44. The Morgan fingerprint density at radius 3 is 2.80 bits per heavy atom. The second-order valence-electron chi connectivity index (χ2n) is 12.8. The quantitative estimate of drug-likeness (QED) is 0.316. The van der Waals surface area contributed by atoms with Crippen LogP contribution in [0.25, 0.3) is 32.9 Å². The predicted octanol–water partition coefficient (Wildman–Crippen LogP) is 5.17. The van der Waals surface area contributed by atoms with Gasteiger partial charge >= 0.3 is 6.01 Å². The second-order valence-corrected chi connectivity index (χ2v) is 13.2. The molecule has 6 heterocycles. The molecule has 0 spiro atoms. The number of aryl methyl sites for hydroxylation is 1. The van der Waals surface area contributed by atoms with Crippen LogP contribution < -0.4 is 15.0 Å². The Balaban J connectivity index is 1.29. The zero-order chi connectivity index (χ0) is 30.2. The number of hydrogen-bond acceptors (Lipinski definition) is 8. The van der Waals surface area contributed by atoms with Gasteiger partial charge in [0.2, 0.25) is 0 Å². The maximum atomic E-state index is 17.0. The van der Waals surface area contributed by atoms with Crippen molar-refractivity contribution in [1.82, 2.24) is 30.0 Å². The Bertz CT molecular complexity index is 1830. The fraction of sp³-hybridized carbons (Fsp3) is 0.500. The summed E-state index contributed by atoms with van der Waals surface area (Å²) in [5.41, 5.74) is 1.94. The number of benzene rings is 2. The first-order chi connectivity index (χ1) is 21.3.